The monoisotopic (exact) mass is 286 g/mol. The van der Waals surface area contributed by atoms with Crippen molar-refractivity contribution in [3.8, 4) is 0 Å². The number of nitrogens with one attached hydrogen (secondary N) is 1. The predicted molar refractivity (Wildman–Crippen MR) is 90.9 cm³/mol. The zero-order chi connectivity index (χ0) is 14.7. The summed E-state index contributed by atoms with van der Waals surface area (Å²) in [6.07, 6.45) is 6.65. The number of fused-ring (bicyclic) bond motifs is 1. The second-order valence-corrected chi connectivity index (χ2v) is 7.08. The van der Waals surface area contributed by atoms with Crippen molar-refractivity contribution in [2.24, 2.45) is 11.8 Å². The highest BCUT2D eigenvalue weighted by Gasteiger charge is 2.25. The van der Waals surface area contributed by atoms with Gasteiger partial charge in [0.2, 0.25) is 0 Å². The number of aryl methyl sites for hydroxylation is 1. The summed E-state index contributed by atoms with van der Waals surface area (Å²) in [6, 6.07) is 9.69. The molecule has 21 heavy (non-hydrogen) atoms. The van der Waals surface area contributed by atoms with Gasteiger partial charge in [-0.25, -0.2) is 0 Å². The first-order valence-corrected chi connectivity index (χ1v) is 8.81. The number of nitrogens with zero attached hydrogens (tertiary/aromatic N) is 1. The van der Waals surface area contributed by atoms with Crippen molar-refractivity contribution in [2.75, 3.05) is 24.5 Å². The summed E-state index contributed by atoms with van der Waals surface area (Å²) in [5.41, 5.74) is 3.04. The molecule has 3 rings (SSSR count). The highest BCUT2D eigenvalue weighted by molar-refractivity contribution is 5.56. The van der Waals surface area contributed by atoms with E-state index in [1.54, 1.807) is 5.56 Å². The van der Waals surface area contributed by atoms with Crippen LogP contribution in [-0.2, 0) is 6.42 Å². The Labute approximate surface area is 129 Å². The van der Waals surface area contributed by atoms with Crippen molar-refractivity contribution < 1.29 is 0 Å². The zero-order valence-corrected chi connectivity index (χ0v) is 13.6. The smallest absolute Gasteiger partial charge is 0.0401 e. The third-order valence-electron chi connectivity index (χ3n) is 5.63. The molecule has 1 N–H and O–H groups in total. The third kappa shape index (κ3) is 3.42. The van der Waals surface area contributed by atoms with Crippen LogP contribution in [0.2, 0.25) is 0 Å². The Morgan fingerprint density at radius 1 is 1.29 bits per heavy atom. The molecule has 3 unspecified atom stereocenters. The van der Waals surface area contributed by atoms with E-state index in [0.717, 1.165) is 11.8 Å². The van der Waals surface area contributed by atoms with Crippen molar-refractivity contribution >= 4 is 5.69 Å². The molecule has 0 radical (unpaired) electrons. The molecule has 2 heterocycles. The molecule has 1 saturated heterocycles. The average molecular weight is 286 g/mol. The lowest BCUT2D eigenvalue weighted by Gasteiger charge is -2.38. The summed E-state index contributed by atoms with van der Waals surface area (Å²) in [5.74, 6) is 1.72. The fraction of sp³-hybridized carbons (Fsp3) is 0.684. The second kappa shape index (κ2) is 6.83. The van der Waals surface area contributed by atoms with Gasteiger partial charge in [0.25, 0.3) is 0 Å². The van der Waals surface area contributed by atoms with Gasteiger partial charge in [-0.2, -0.15) is 0 Å². The Bertz CT molecular complexity index is 451. The Morgan fingerprint density at radius 3 is 2.95 bits per heavy atom. The fourth-order valence-electron chi connectivity index (χ4n) is 4.04. The van der Waals surface area contributed by atoms with E-state index in [0.29, 0.717) is 6.04 Å². The molecule has 1 aromatic carbocycles. The van der Waals surface area contributed by atoms with Gasteiger partial charge in [-0.1, -0.05) is 25.1 Å². The molecule has 0 aliphatic carbocycles. The van der Waals surface area contributed by atoms with E-state index in [2.05, 4.69) is 48.3 Å². The van der Waals surface area contributed by atoms with Crippen molar-refractivity contribution in [1.29, 1.82) is 0 Å². The summed E-state index contributed by atoms with van der Waals surface area (Å²) >= 11 is 0. The normalized spacial score (nSPS) is 27.2. The molecule has 1 fully saturated rings. The lowest BCUT2D eigenvalue weighted by atomic mass is 9.85. The van der Waals surface area contributed by atoms with E-state index in [1.165, 1.54) is 57.4 Å². The van der Waals surface area contributed by atoms with Crippen molar-refractivity contribution in [3.05, 3.63) is 29.8 Å². The van der Waals surface area contributed by atoms with E-state index in [9.17, 15) is 0 Å². The maximum absolute atomic E-state index is 3.56. The molecule has 0 bridgehead atoms. The van der Waals surface area contributed by atoms with Crippen LogP contribution in [0.4, 0.5) is 5.69 Å². The number of hydrogen-bond acceptors (Lipinski definition) is 2. The van der Waals surface area contributed by atoms with Crippen LogP contribution >= 0.6 is 0 Å². The lowest BCUT2D eigenvalue weighted by Crippen LogP contribution is -2.40. The van der Waals surface area contributed by atoms with Crippen LogP contribution in [0.3, 0.4) is 0 Å². The second-order valence-electron chi connectivity index (χ2n) is 7.08. The molecule has 116 valence electrons. The molecule has 2 heteroatoms. The molecular weight excluding hydrogens is 256 g/mol. The number of para-hydroxylation sites is 1. The van der Waals surface area contributed by atoms with E-state index in [-0.39, 0.29) is 0 Å². The average Bonchev–Trinajstić information content (AvgIpc) is 2.54. The van der Waals surface area contributed by atoms with Crippen LogP contribution in [0.5, 0.6) is 0 Å². The van der Waals surface area contributed by atoms with Gasteiger partial charge in [-0.15, -0.1) is 0 Å². The molecule has 2 aliphatic rings. The molecular formula is C19H30N2. The first kappa shape index (κ1) is 14.9. The first-order chi connectivity index (χ1) is 10.3. The molecule has 1 aromatic rings. The van der Waals surface area contributed by atoms with Crippen LogP contribution in [-0.4, -0.2) is 25.7 Å². The topological polar surface area (TPSA) is 15.3 Å². The zero-order valence-electron chi connectivity index (χ0n) is 13.6. The van der Waals surface area contributed by atoms with Gasteiger partial charge in [0.1, 0.15) is 0 Å². The largest absolute Gasteiger partial charge is 0.369 e. The van der Waals surface area contributed by atoms with Gasteiger partial charge in [0.05, 0.1) is 0 Å². The molecule has 2 aliphatic heterocycles. The summed E-state index contributed by atoms with van der Waals surface area (Å²) in [7, 11) is 0. The quantitative estimate of drug-likeness (QED) is 0.904. The van der Waals surface area contributed by atoms with Crippen molar-refractivity contribution in [1.82, 2.24) is 5.32 Å². The Morgan fingerprint density at radius 2 is 2.14 bits per heavy atom. The number of piperidine rings is 1. The van der Waals surface area contributed by atoms with E-state index < -0.39 is 0 Å². The SMILES string of the molecule is CC(CCN1c2ccccc2CCC1C)C1CCCNC1. The fourth-order valence-corrected chi connectivity index (χ4v) is 4.04. The summed E-state index contributed by atoms with van der Waals surface area (Å²) in [4.78, 5) is 2.66. The minimum Gasteiger partial charge on any atom is -0.369 e. The van der Waals surface area contributed by atoms with Gasteiger partial charge < -0.3 is 10.2 Å². The molecule has 0 saturated carbocycles. The van der Waals surface area contributed by atoms with Crippen molar-refractivity contribution in [2.45, 2.75) is 52.0 Å². The number of hydrogen-bond donors (Lipinski definition) is 1. The third-order valence-corrected chi connectivity index (χ3v) is 5.63. The van der Waals surface area contributed by atoms with Gasteiger partial charge in [-0.3, -0.25) is 0 Å². The molecule has 0 aromatic heterocycles. The van der Waals surface area contributed by atoms with E-state index in [4.69, 9.17) is 0 Å². The van der Waals surface area contributed by atoms with E-state index >= 15 is 0 Å². The minimum absolute atomic E-state index is 0.691. The van der Waals surface area contributed by atoms with E-state index in [1.807, 2.05) is 0 Å². The first-order valence-electron chi connectivity index (χ1n) is 8.81. The predicted octanol–water partition coefficient (Wildman–Crippen LogP) is 3.85. The highest BCUT2D eigenvalue weighted by atomic mass is 15.2. The van der Waals surface area contributed by atoms with Gasteiger partial charge in [-0.05, 0) is 75.6 Å². The molecule has 0 amide bonds. The van der Waals surface area contributed by atoms with Gasteiger partial charge in [0.15, 0.2) is 0 Å². The lowest BCUT2D eigenvalue weighted by molar-refractivity contribution is 0.267. The number of anilines is 1. The van der Waals surface area contributed by atoms with Crippen LogP contribution in [0.1, 0.15) is 45.1 Å². The van der Waals surface area contributed by atoms with Crippen LogP contribution in [0, 0.1) is 11.8 Å². The maximum atomic E-state index is 3.56. The van der Waals surface area contributed by atoms with Crippen molar-refractivity contribution in [3.63, 3.8) is 0 Å². The maximum Gasteiger partial charge on any atom is 0.0401 e. The summed E-state index contributed by atoms with van der Waals surface area (Å²) in [6.45, 7) is 8.52. The summed E-state index contributed by atoms with van der Waals surface area (Å²) in [5, 5.41) is 3.56. The van der Waals surface area contributed by atoms with Gasteiger partial charge >= 0.3 is 0 Å². The van der Waals surface area contributed by atoms with Gasteiger partial charge in [0, 0.05) is 18.3 Å². The Hall–Kier alpha value is -1.02. The Kier molecular flexibility index (Phi) is 4.84. The highest BCUT2D eigenvalue weighted by Crippen LogP contribution is 2.32. The number of benzene rings is 1. The summed E-state index contributed by atoms with van der Waals surface area (Å²) < 4.78 is 0. The Balaban J connectivity index is 1.61. The minimum atomic E-state index is 0.691. The van der Waals surface area contributed by atoms with Crippen LogP contribution in [0.25, 0.3) is 0 Å². The molecule has 2 nitrogen and oxygen atoms in total. The number of rotatable bonds is 4. The molecule has 3 atom stereocenters. The van der Waals surface area contributed by atoms with Crippen LogP contribution < -0.4 is 10.2 Å². The molecule has 0 spiro atoms. The standard InChI is InChI=1S/C19H30N2/c1-15(18-7-5-12-20-14-18)11-13-21-16(2)9-10-17-6-3-4-8-19(17)21/h3-4,6,8,15-16,18,20H,5,7,9-14H2,1-2H3. The van der Waals surface area contributed by atoms with Crippen LogP contribution in [0.15, 0.2) is 24.3 Å².